The van der Waals surface area contributed by atoms with Gasteiger partial charge in [-0.15, -0.1) is 0 Å². The smallest absolute Gasteiger partial charge is 0.0682 e. The van der Waals surface area contributed by atoms with Crippen molar-refractivity contribution in [1.82, 2.24) is 0 Å². The second-order valence-corrected chi connectivity index (χ2v) is 5.43. The van der Waals surface area contributed by atoms with Crippen molar-refractivity contribution in [2.24, 2.45) is 0 Å². The van der Waals surface area contributed by atoms with E-state index >= 15 is 0 Å². The number of hydrogen-bond donors (Lipinski definition) is 2. The van der Waals surface area contributed by atoms with Gasteiger partial charge in [-0.2, -0.15) is 0 Å². The fourth-order valence-corrected chi connectivity index (χ4v) is 2.52. The molecule has 0 spiro atoms. The molecule has 0 aromatic heterocycles. The zero-order valence-electron chi connectivity index (χ0n) is 10.9. The summed E-state index contributed by atoms with van der Waals surface area (Å²) < 4.78 is 1.09. The van der Waals surface area contributed by atoms with Crippen LogP contribution in [0.1, 0.15) is 30.5 Å². The Bertz CT molecular complexity index is 542. The van der Waals surface area contributed by atoms with E-state index in [9.17, 15) is 5.11 Å². The highest BCUT2D eigenvalue weighted by atomic mass is 79.9. The van der Waals surface area contributed by atoms with Gasteiger partial charge in [-0.25, -0.2) is 0 Å². The monoisotopic (exact) mass is 319 g/mol. The van der Waals surface area contributed by atoms with Gasteiger partial charge in [0, 0.05) is 10.2 Å². The second kappa shape index (κ2) is 6.73. The lowest BCUT2D eigenvalue weighted by atomic mass is 10.0. The summed E-state index contributed by atoms with van der Waals surface area (Å²) in [5.41, 5.74) is 3.22. The van der Waals surface area contributed by atoms with E-state index in [-0.39, 0.29) is 12.6 Å². The minimum atomic E-state index is 0.0726. The first kappa shape index (κ1) is 14.1. The Morgan fingerprint density at radius 1 is 1.16 bits per heavy atom. The number of halogens is 1. The van der Waals surface area contributed by atoms with Gasteiger partial charge in [-0.1, -0.05) is 47.1 Å². The summed E-state index contributed by atoms with van der Waals surface area (Å²) in [5.74, 6) is 0. The highest BCUT2D eigenvalue weighted by Gasteiger charge is 2.09. The predicted molar refractivity (Wildman–Crippen MR) is 83.2 cm³/mol. The van der Waals surface area contributed by atoms with Gasteiger partial charge < -0.3 is 10.4 Å². The molecule has 1 atom stereocenters. The topological polar surface area (TPSA) is 32.3 Å². The third-order valence-electron chi connectivity index (χ3n) is 3.11. The van der Waals surface area contributed by atoms with Gasteiger partial charge in [0.25, 0.3) is 0 Å². The number of rotatable bonds is 5. The van der Waals surface area contributed by atoms with Crippen LogP contribution in [0, 0.1) is 0 Å². The van der Waals surface area contributed by atoms with Crippen LogP contribution in [-0.4, -0.2) is 5.11 Å². The van der Waals surface area contributed by atoms with E-state index in [4.69, 9.17) is 0 Å². The summed E-state index contributed by atoms with van der Waals surface area (Å²) in [6.45, 7) is 2.23. The molecule has 3 heteroatoms. The fourth-order valence-electron chi connectivity index (χ4n) is 2.11. The van der Waals surface area contributed by atoms with Crippen LogP contribution in [0.3, 0.4) is 0 Å². The van der Waals surface area contributed by atoms with Gasteiger partial charge in [-0.3, -0.25) is 0 Å². The zero-order valence-corrected chi connectivity index (χ0v) is 12.5. The Labute approximate surface area is 122 Å². The lowest BCUT2D eigenvalue weighted by Gasteiger charge is -2.19. The maximum atomic E-state index is 9.17. The maximum absolute atomic E-state index is 9.17. The molecule has 19 heavy (non-hydrogen) atoms. The van der Waals surface area contributed by atoms with Crippen LogP contribution in [-0.2, 0) is 6.61 Å². The SMILES string of the molecule is CCC(Nc1cccc(CO)c1)c1cccc(Br)c1. The molecule has 0 saturated heterocycles. The summed E-state index contributed by atoms with van der Waals surface area (Å²) in [7, 11) is 0. The first-order chi connectivity index (χ1) is 9.22. The predicted octanol–water partition coefficient (Wildman–Crippen LogP) is 4.50. The highest BCUT2D eigenvalue weighted by Crippen LogP contribution is 2.25. The van der Waals surface area contributed by atoms with E-state index in [1.807, 2.05) is 36.4 Å². The van der Waals surface area contributed by atoms with Crippen molar-refractivity contribution in [2.75, 3.05) is 5.32 Å². The molecular formula is C16H18BrNO. The lowest BCUT2D eigenvalue weighted by Crippen LogP contribution is -2.09. The van der Waals surface area contributed by atoms with Gasteiger partial charge in [0.1, 0.15) is 0 Å². The summed E-state index contributed by atoms with van der Waals surface area (Å²) in [4.78, 5) is 0. The van der Waals surface area contributed by atoms with Gasteiger partial charge in [0.2, 0.25) is 0 Å². The molecule has 2 nitrogen and oxygen atoms in total. The Kier molecular flexibility index (Phi) is 5.00. The molecule has 2 rings (SSSR count). The number of aliphatic hydroxyl groups is 1. The van der Waals surface area contributed by atoms with Crippen LogP contribution in [0.15, 0.2) is 53.0 Å². The van der Waals surface area contributed by atoms with Gasteiger partial charge in [0.05, 0.1) is 12.6 Å². The highest BCUT2D eigenvalue weighted by molar-refractivity contribution is 9.10. The molecule has 0 aliphatic heterocycles. The van der Waals surface area contributed by atoms with Crippen molar-refractivity contribution >= 4 is 21.6 Å². The number of aliphatic hydroxyl groups excluding tert-OH is 1. The molecular weight excluding hydrogens is 302 g/mol. The van der Waals surface area contributed by atoms with Crippen LogP contribution in [0.4, 0.5) is 5.69 Å². The first-order valence-electron chi connectivity index (χ1n) is 6.44. The quantitative estimate of drug-likeness (QED) is 0.850. The van der Waals surface area contributed by atoms with Crippen molar-refractivity contribution in [3.8, 4) is 0 Å². The van der Waals surface area contributed by atoms with E-state index in [1.165, 1.54) is 5.56 Å². The molecule has 2 aromatic rings. The fraction of sp³-hybridized carbons (Fsp3) is 0.250. The largest absolute Gasteiger partial charge is 0.392 e. The van der Waals surface area contributed by atoms with E-state index in [1.54, 1.807) is 0 Å². The van der Waals surface area contributed by atoms with Gasteiger partial charge in [-0.05, 0) is 41.8 Å². The van der Waals surface area contributed by atoms with Crippen molar-refractivity contribution in [1.29, 1.82) is 0 Å². The summed E-state index contributed by atoms with van der Waals surface area (Å²) in [6, 6.07) is 16.5. The molecule has 0 fully saturated rings. The van der Waals surface area contributed by atoms with Crippen LogP contribution in [0.2, 0.25) is 0 Å². The van der Waals surface area contributed by atoms with Crippen molar-refractivity contribution in [3.63, 3.8) is 0 Å². The Hall–Kier alpha value is -1.32. The maximum Gasteiger partial charge on any atom is 0.0682 e. The van der Waals surface area contributed by atoms with Crippen molar-refractivity contribution < 1.29 is 5.11 Å². The Balaban J connectivity index is 2.18. The molecule has 0 heterocycles. The molecule has 0 aliphatic rings. The number of anilines is 1. The Morgan fingerprint density at radius 2 is 1.95 bits per heavy atom. The van der Waals surface area contributed by atoms with E-state index in [2.05, 4.69) is 40.3 Å². The average Bonchev–Trinajstić information content (AvgIpc) is 2.45. The summed E-state index contributed by atoms with van der Waals surface area (Å²) in [5, 5.41) is 12.7. The molecule has 2 N–H and O–H groups in total. The average molecular weight is 320 g/mol. The number of benzene rings is 2. The summed E-state index contributed by atoms with van der Waals surface area (Å²) in [6.07, 6.45) is 1.000. The van der Waals surface area contributed by atoms with E-state index in [0.29, 0.717) is 0 Å². The number of nitrogens with one attached hydrogen (secondary N) is 1. The normalized spacial score (nSPS) is 12.2. The van der Waals surface area contributed by atoms with Crippen molar-refractivity contribution in [2.45, 2.75) is 26.0 Å². The van der Waals surface area contributed by atoms with Crippen LogP contribution < -0.4 is 5.32 Å². The van der Waals surface area contributed by atoms with Crippen LogP contribution >= 0.6 is 15.9 Å². The molecule has 0 saturated carbocycles. The number of hydrogen-bond acceptors (Lipinski definition) is 2. The minimum Gasteiger partial charge on any atom is -0.392 e. The molecule has 0 amide bonds. The van der Waals surface area contributed by atoms with Gasteiger partial charge in [0.15, 0.2) is 0 Å². The second-order valence-electron chi connectivity index (χ2n) is 4.52. The minimum absolute atomic E-state index is 0.0726. The van der Waals surface area contributed by atoms with E-state index < -0.39 is 0 Å². The summed E-state index contributed by atoms with van der Waals surface area (Å²) >= 11 is 3.51. The zero-order chi connectivity index (χ0) is 13.7. The molecule has 2 aromatic carbocycles. The molecule has 0 radical (unpaired) electrons. The standard InChI is InChI=1S/C16H18BrNO/c1-2-16(13-6-4-7-14(17)10-13)18-15-8-3-5-12(9-15)11-19/h3-10,16,18-19H,2,11H2,1H3. The van der Waals surface area contributed by atoms with Crippen LogP contribution in [0.25, 0.3) is 0 Å². The van der Waals surface area contributed by atoms with Crippen LogP contribution in [0.5, 0.6) is 0 Å². The van der Waals surface area contributed by atoms with E-state index in [0.717, 1.165) is 22.1 Å². The third kappa shape index (κ3) is 3.82. The third-order valence-corrected chi connectivity index (χ3v) is 3.60. The molecule has 0 bridgehead atoms. The Morgan fingerprint density at radius 3 is 2.63 bits per heavy atom. The van der Waals surface area contributed by atoms with Crippen molar-refractivity contribution in [3.05, 3.63) is 64.1 Å². The first-order valence-corrected chi connectivity index (χ1v) is 7.24. The molecule has 0 aliphatic carbocycles. The van der Waals surface area contributed by atoms with Gasteiger partial charge >= 0.3 is 0 Å². The molecule has 1 unspecified atom stereocenters. The molecule has 100 valence electrons. The lowest BCUT2D eigenvalue weighted by molar-refractivity contribution is 0.282.